The van der Waals surface area contributed by atoms with Crippen molar-refractivity contribution in [2.24, 2.45) is 5.92 Å². The maximum absolute atomic E-state index is 9.35. The zero-order chi connectivity index (χ0) is 13.7. The molecule has 18 heavy (non-hydrogen) atoms. The summed E-state index contributed by atoms with van der Waals surface area (Å²) in [6.07, 6.45) is 0.644. The molecule has 0 aliphatic rings. The van der Waals surface area contributed by atoms with Crippen molar-refractivity contribution in [2.45, 2.75) is 53.2 Å². The Kier molecular flexibility index (Phi) is 5.83. The summed E-state index contributed by atoms with van der Waals surface area (Å²) in [6, 6.07) is 7.04. The Morgan fingerprint density at radius 1 is 1.06 bits per heavy atom. The quantitative estimate of drug-likeness (QED) is 0.810. The minimum absolute atomic E-state index is 0.210. The molecule has 0 bridgehead atoms. The second kappa shape index (κ2) is 6.91. The number of aryl methyl sites for hydroxylation is 2. The van der Waals surface area contributed by atoms with E-state index in [9.17, 15) is 5.11 Å². The van der Waals surface area contributed by atoms with Gasteiger partial charge in [-0.25, -0.2) is 0 Å². The van der Waals surface area contributed by atoms with E-state index in [1.165, 1.54) is 16.7 Å². The fourth-order valence-corrected chi connectivity index (χ4v) is 2.42. The highest BCUT2D eigenvalue weighted by molar-refractivity contribution is 5.30. The van der Waals surface area contributed by atoms with Crippen molar-refractivity contribution in [1.82, 2.24) is 5.32 Å². The van der Waals surface area contributed by atoms with E-state index in [1.807, 2.05) is 6.92 Å². The van der Waals surface area contributed by atoms with Crippen molar-refractivity contribution in [3.05, 3.63) is 34.9 Å². The third-order valence-corrected chi connectivity index (χ3v) is 3.26. The molecule has 0 aromatic heterocycles. The monoisotopic (exact) mass is 249 g/mol. The minimum Gasteiger partial charge on any atom is -0.393 e. The smallest absolute Gasteiger partial charge is 0.0515 e. The number of rotatable bonds is 6. The highest BCUT2D eigenvalue weighted by Crippen LogP contribution is 2.17. The highest BCUT2D eigenvalue weighted by atomic mass is 16.3. The molecule has 0 heterocycles. The molecule has 0 spiro atoms. The third kappa shape index (κ3) is 5.19. The largest absolute Gasteiger partial charge is 0.393 e. The molecule has 0 aliphatic carbocycles. The van der Waals surface area contributed by atoms with Gasteiger partial charge in [-0.1, -0.05) is 36.2 Å². The zero-order valence-electron chi connectivity index (χ0n) is 12.3. The Hall–Kier alpha value is -0.860. The van der Waals surface area contributed by atoms with E-state index in [-0.39, 0.29) is 6.10 Å². The van der Waals surface area contributed by atoms with E-state index >= 15 is 0 Å². The topological polar surface area (TPSA) is 32.3 Å². The highest BCUT2D eigenvalue weighted by Gasteiger charge is 2.10. The van der Waals surface area contributed by atoms with Gasteiger partial charge in [-0.05, 0) is 52.1 Å². The maximum Gasteiger partial charge on any atom is 0.0515 e. The van der Waals surface area contributed by atoms with Crippen LogP contribution in [0, 0.1) is 19.8 Å². The predicted octanol–water partition coefficient (Wildman–Crippen LogP) is 3.36. The molecule has 3 unspecified atom stereocenters. The van der Waals surface area contributed by atoms with E-state index in [4.69, 9.17) is 0 Å². The van der Waals surface area contributed by atoms with Crippen molar-refractivity contribution in [3.63, 3.8) is 0 Å². The molecule has 0 saturated heterocycles. The van der Waals surface area contributed by atoms with Crippen LogP contribution in [0.25, 0.3) is 0 Å². The lowest BCUT2D eigenvalue weighted by atomic mass is 10.0. The van der Waals surface area contributed by atoms with Crippen LogP contribution in [0.15, 0.2) is 18.2 Å². The summed E-state index contributed by atoms with van der Waals surface area (Å²) in [5, 5.41) is 12.9. The Morgan fingerprint density at radius 2 is 1.61 bits per heavy atom. The summed E-state index contributed by atoms with van der Waals surface area (Å²) >= 11 is 0. The first kappa shape index (κ1) is 15.2. The first-order valence-electron chi connectivity index (χ1n) is 6.88. The van der Waals surface area contributed by atoms with Crippen LogP contribution in [0.3, 0.4) is 0 Å². The first-order chi connectivity index (χ1) is 8.38. The second-order valence-electron chi connectivity index (χ2n) is 5.74. The second-order valence-corrected chi connectivity index (χ2v) is 5.74. The Bertz CT molecular complexity index is 353. The molecule has 1 rings (SSSR count). The Morgan fingerprint density at radius 3 is 2.11 bits per heavy atom. The number of benzene rings is 1. The molecular formula is C16H27NO. The van der Waals surface area contributed by atoms with Gasteiger partial charge in [0, 0.05) is 6.04 Å². The van der Waals surface area contributed by atoms with Gasteiger partial charge in [0.25, 0.3) is 0 Å². The molecule has 0 saturated carbocycles. The zero-order valence-corrected chi connectivity index (χ0v) is 12.3. The summed E-state index contributed by atoms with van der Waals surface area (Å²) in [4.78, 5) is 0. The molecule has 0 fully saturated rings. The number of aliphatic hydroxyl groups excluding tert-OH is 1. The molecule has 0 radical (unpaired) electrons. The molecule has 0 amide bonds. The normalized spacial score (nSPS) is 16.3. The van der Waals surface area contributed by atoms with Gasteiger partial charge in [0.1, 0.15) is 0 Å². The number of nitrogens with one attached hydrogen (secondary N) is 1. The van der Waals surface area contributed by atoms with Crippen LogP contribution in [-0.4, -0.2) is 17.8 Å². The minimum atomic E-state index is -0.210. The van der Waals surface area contributed by atoms with Gasteiger partial charge in [-0.2, -0.15) is 0 Å². The van der Waals surface area contributed by atoms with E-state index in [2.05, 4.69) is 51.2 Å². The van der Waals surface area contributed by atoms with E-state index in [0.717, 1.165) is 13.0 Å². The average molecular weight is 249 g/mol. The summed E-state index contributed by atoms with van der Waals surface area (Å²) in [5.74, 6) is 0.498. The van der Waals surface area contributed by atoms with Crippen molar-refractivity contribution >= 4 is 0 Å². The van der Waals surface area contributed by atoms with Gasteiger partial charge < -0.3 is 10.4 Å². The molecule has 2 N–H and O–H groups in total. The van der Waals surface area contributed by atoms with Crippen LogP contribution >= 0.6 is 0 Å². The van der Waals surface area contributed by atoms with Gasteiger partial charge in [-0.3, -0.25) is 0 Å². The van der Waals surface area contributed by atoms with Crippen LogP contribution in [0.4, 0.5) is 0 Å². The van der Waals surface area contributed by atoms with Crippen molar-refractivity contribution in [3.8, 4) is 0 Å². The average Bonchev–Trinajstić information content (AvgIpc) is 2.23. The van der Waals surface area contributed by atoms with Gasteiger partial charge >= 0.3 is 0 Å². The number of aliphatic hydroxyl groups is 1. The number of hydrogen-bond acceptors (Lipinski definition) is 2. The first-order valence-corrected chi connectivity index (χ1v) is 6.88. The van der Waals surface area contributed by atoms with E-state index in [0.29, 0.717) is 12.0 Å². The molecule has 3 atom stereocenters. The van der Waals surface area contributed by atoms with Crippen LogP contribution < -0.4 is 5.32 Å². The van der Waals surface area contributed by atoms with Gasteiger partial charge in [0.15, 0.2) is 0 Å². The molecule has 2 heteroatoms. The maximum atomic E-state index is 9.35. The van der Waals surface area contributed by atoms with E-state index in [1.54, 1.807) is 0 Å². The number of hydrogen-bond donors (Lipinski definition) is 2. The lowest BCUT2D eigenvalue weighted by Gasteiger charge is -2.19. The molecule has 1 aromatic carbocycles. The third-order valence-electron chi connectivity index (χ3n) is 3.26. The summed E-state index contributed by atoms with van der Waals surface area (Å²) in [5.41, 5.74) is 3.98. The van der Waals surface area contributed by atoms with Crippen LogP contribution in [0.2, 0.25) is 0 Å². The van der Waals surface area contributed by atoms with Crippen molar-refractivity contribution in [2.75, 3.05) is 6.54 Å². The van der Waals surface area contributed by atoms with Gasteiger partial charge in [-0.15, -0.1) is 0 Å². The standard InChI is InChI=1S/C16H27NO/c1-11-6-12(2)9-16(8-11)15(5)17-10-13(3)7-14(4)18/h6,8-9,13-15,17-18H,7,10H2,1-5H3. The van der Waals surface area contributed by atoms with Gasteiger partial charge in [0.2, 0.25) is 0 Å². The van der Waals surface area contributed by atoms with Crippen LogP contribution in [0.5, 0.6) is 0 Å². The fourth-order valence-electron chi connectivity index (χ4n) is 2.42. The predicted molar refractivity (Wildman–Crippen MR) is 77.8 cm³/mol. The lowest BCUT2D eigenvalue weighted by molar-refractivity contribution is 0.162. The summed E-state index contributed by atoms with van der Waals surface area (Å²) in [6.45, 7) is 11.4. The van der Waals surface area contributed by atoms with Crippen molar-refractivity contribution in [1.29, 1.82) is 0 Å². The molecule has 0 aliphatic heterocycles. The van der Waals surface area contributed by atoms with Gasteiger partial charge in [0.05, 0.1) is 6.10 Å². The van der Waals surface area contributed by atoms with E-state index < -0.39 is 0 Å². The fraction of sp³-hybridized carbons (Fsp3) is 0.625. The van der Waals surface area contributed by atoms with Crippen molar-refractivity contribution < 1.29 is 5.11 Å². The van der Waals surface area contributed by atoms with Crippen LogP contribution in [0.1, 0.15) is 49.9 Å². The Labute approximate surface area is 111 Å². The summed E-state index contributed by atoms with van der Waals surface area (Å²) < 4.78 is 0. The van der Waals surface area contributed by atoms with Crippen LogP contribution in [-0.2, 0) is 0 Å². The molecule has 1 aromatic rings. The SMILES string of the molecule is Cc1cc(C)cc(C(C)NCC(C)CC(C)O)c1. The molecule has 102 valence electrons. The lowest BCUT2D eigenvalue weighted by Crippen LogP contribution is -2.26. The molecular weight excluding hydrogens is 222 g/mol. The summed E-state index contributed by atoms with van der Waals surface area (Å²) in [7, 11) is 0. The molecule has 2 nitrogen and oxygen atoms in total. The Balaban J connectivity index is 2.52.